The normalized spacial score (nSPS) is 12.8. The minimum Gasteiger partial charge on any atom is -0.314 e. The summed E-state index contributed by atoms with van der Waals surface area (Å²) in [4.78, 5) is 4.47. The van der Waals surface area contributed by atoms with Gasteiger partial charge in [-0.2, -0.15) is 0 Å². The third-order valence-electron chi connectivity index (χ3n) is 3.22. The Morgan fingerprint density at radius 2 is 2.06 bits per heavy atom. The van der Waals surface area contributed by atoms with Gasteiger partial charge in [0.05, 0.1) is 5.52 Å². The van der Waals surface area contributed by atoms with Gasteiger partial charge in [-0.15, -0.1) is 0 Å². The molecule has 0 aliphatic rings. The molecule has 0 saturated heterocycles. The van der Waals surface area contributed by atoms with Crippen molar-refractivity contribution in [1.82, 2.24) is 10.3 Å². The zero-order chi connectivity index (χ0) is 12.1. The van der Waals surface area contributed by atoms with E-state index in [1.165, 1.54) is 17.4 Å². The summed E-state index contributed by atoms with van der Waals surface area (Å²) >= 11 is 0. The van der Waals surface area contributed by atoms with E-state index in [9.17, 15) is 0 Å². The number of benzene rings is 1. The second-order valence-corrected chi connectivity index (χ2v) is 4.51. The van der Waals surface area contributed by atoms with E-state index in [0.29, 0.717) is 6.04 Å². The van der Waals surface area contributed by atoms with Crippen molar-refractivity contribution in [3.8, 4) is 0 Å². The van der Waals surface area contributed by atoms with Crippen molar-refractivity contribution in [2.75, 3.05) is 6.54 Å². The molecule has 2 rings (SSSR count). The molecule has 0 aliphatic carbocycles. The maximum atomic E-state index is 4.47. The molecule has 0 fully saturated rings. The molecule has 1 heterocycles. The Morgan fingerprint density at radius 3 is 2.88 bits per heavy atom. The Kier molecular flexibility index (Phi) is 4.10. The van der Waals surface area contributed by atoms with Crippen molar-refractivity contribution in [2.24, 2.45) is 0 Å². The smallest absolute Gasteiger partial charge is 0.0734 e. The van der Waals surface area contributed by atoms with Crippen molar-refractivity contribution in [3.05, 3.63) is 42.1 Å². The highest BCUT2D eigenvalue weighted by Crippen LogP contribution is 2.15. The van der Waals surface area contributed by atoms with Crippen LogP contribution in [0, 0.1) is 0 Å². The van der Waals surface area contributed by atoms with Crippen molar-refractivity contribution in [1.29, 1.82) is 0 Å². The molecule has 2 nitrogen and oxygen atoms in total. The van der Waals surface area contributed by atoms with Gasteiger partial charge in [-0.25, -0.2) is 0 Å². The van der Waals surface area contributed by atoms with Crippen molar-refractivity contribution < 1.29 is 0 Å². The first-order valence-electron chi connectivity index (χ1n) is 6.37. The fourth-order valence-corrected chi connectivity index (χ4v) is 1.97. The van der Waals surface area contributed by atoms with Crippen molar-refractivity contribution in [2.45, 2.75) is 32.7 Å². The molecular weight excluding hydrogens is 208 g/mol. The lowest BCUT2D eigenvalue weighted by molar-refractivity contribution is 0.538. The van der Waals surface area contributed by atoms with E-state index in [0.717, 1.165) is 18.5 Å². The Bertz CT molecular complexity index is 474. The van der Waals surface area contributed by atoms with Gasteiger partial charge in [0, 0.05) is 17.6 Å². The van der Waals surface area contributed by atoms with Crippen molar-refractivity contribution in [3.63, 3.8) is 0 Å². The molecule has 1 aromatic carbocycles. The molecule has 0 bridgehead atoms. The van der Waals surface area contributed by atoms with E-state index in [-0.39, 0.29) is 0 Å². The molecule has 90 valence electrons. The molecule has 0 saturated carbocycles. The summed E-state index contributed by atoms with van der Waals surface area (Å²) in [6.07, 6.45) is 4.08. The molecule has 2 heteroatoms. The summed E-state index contributed by atoms with van der Waals surface area (Å²) in [7, 11) is 0. The molecule has 1 atom stereocenters. The Morgan fingerprint density at radius 1 is 1.24 bits per heavy atom. The topological polar surface area (TPSA) is 24.9 Å². The predicted octanol–water partition coefficient (Wildman–Crippen LogP) is 3.17. The summed E-state index contributed by atoms with van der Waals surface area (Å²) < 4.78 is 0. The highest BCUT2D eigenvalue weighted by molar-refractivity contribution is 5.81. The number of hydrogen-bond donors (Lipinski definition) is 1. The first-order chi connectivity index (χ1) is 8.31. The van der Waals surface area contributed by atoms with Crippen LogP contribution in [0.25, 0.3) is 10.9 Å². The van der Waals surface area contributed by atoms with E-state index < -0.39 is 0 Å². The van der Waals surface area contributed by atoms with Gasteiger partial charge < -0.3 is 5.32 Å². The molecule has 0 radical (unpaired) electrons. The summed E-state index contributed by atoms with van der Waals surface area (Å²) in [6.45, 7) is 5.45. The van der Waals surface area contributed by atoms with Crippen molar-refractivity contribution >= 4 is 10.9 Å². The van der Waals surface area contributed by atoms with E-state index in [2.05, 4.69) is 48.4 Å². The van der Waals surface area contributed by atoms with E-state index >= 15 is 0 Å². The van der Waals surface area contributed by atoms with Gasteiger partial charge in [0.2, 0.25) is 0 Å². The summed E-state index contributed by atoms with van der Waals surface area (Å²) in [5.74, 6) is 0. The lowest BCUT2D eigenvalue weighted by Gasteiger charge is -2.11. The van der Waals surface area contributed by atoms with Crippen LogP contribution in [-0.2, 0) is 6.42 Å². The average molecular weight is 228 g/mol. The number of hydrogen-bond acceptors (Lipinski definition) is 2. The third-order valence-corrected chi connectivity index (χ3v) is 3.22. The minimum atomic E-state index is 0.595. The minimum absolute atomic E-state index is 0.595. The second kappa shape index (κ2) is 5.78. The molecule has 0 amide bonds. The number of nitrogens with zero attached hydrogens (tertiary/aromatic N) is 1. The summed E-state index contributed by atoms with van der Waals surface area (Å²) in [5, 5.41) is 4.75. The molecule has 1 aromatic heterocycles. The first-order valence-corrected chi connectivity index (χ1v) is 6.37. The molecular formula is C15H20N2. The van der Waals surface area contributed by atoms with Gasteiger partial charge in [-0.1, -0.05) is 31.2 Å². The largest absolute Gasteiger partial charge is 0.314 e. The molecule has 1 N–H and O–H groups in total. The van der Waals surface area contributed by atoms with Crippen LogP contribution in [0.5, 0.6) is 0 Å². The van der Waals surface area contributed by atoms with E-state index in [1.807, 2.05) is 12.3 Å². The van der Waals surface area contributed by atoms with Crippen LogP contribution >= 0.6 is 0 Å². The van der Waals surface area contributed by atoms with E-state index in [1.54, 1.807) is 0 Å². The van der Waals surface area contributed by atoms with Gasteiger partial charge in [-0.3, -0.25) is 4.98 Å². The van der Waals surface area contributed by atoms with Crippen LogP contribution in [0.3, 0.4) is 0 Å². The van der Waals surface area contributed by atoms with Crippen LogP contribution in [0.2, 0.25) is 0 Å². The monoisotopic (exact) mass is 228 g/mol. The fourth-order valence-electron chi connectivity index (χ4n) is 1.97. The molecule has 1 unspecified atom stereocenters. The van der Waals surface area contributed by atoms with Gasteiger partial charge >= 0.3 is 0 Å². The molecule has 17 heavy (non-hydrogen) atoms. The van der Waals surface area contributed by atoms with Crippen LogP contribution in [0.15, 0.2) is 36.5 Å². The zero-order valence-corrected chi connectivity index (χ0v) is 10.6. The highest BCUT2D eigenvalue weighted by Gasteiger charge is 2.02. The SMILES string of the molecule is CCC(C)NCCc1cccc2cccnc12. The number of nitrogens with one attached hydrogen (secondary N) is 1. The van der Waals surface area contributed by atoms with Crippen LogP contribution in [-0.4, -0.2) is 17.6 Å². The van der Waals surface area contributed by atoms with Crippen LogP contribution in [0.4, 0.5) is 0 Å². The standard InChI is InChI=1S/C15H20N2/c1-3-12(2)16-11-9-14-7-4-6-13-8-5-10-17-15(13)14/h4-8,10,12,16H,3,9,11H2,1-2H3. The Hall–Kier alpha value is -1.41. The summed E-state index contributed by atoms with van der Waals surface area (Å²) in [5.41, 5.74) is 2.47. The molecule has 0 aliphatic heterocycles. The number of fused-ring (bicyclic) bond motifs is 1. The number of aromatic nitrogens is 1. The quantitative estimate of drug-likeness (QED) is 0.850. The Balaban J connectivity index is 2.08. The number of para-hydroxylation sites is 1. The van der Waals surface area contributed by atoms with Gasteiger partial charge in [0.15, 0.2) is 0 Å². The maximum absolute atomic E-state index is 4.47. The zero-order valence-electron chi connectivity index (χ0n) is 10.6. The van der Waals surface area contributed by atoms with Gasteiger partial charge in [0.1, 0.15) is 0 Å². The third kappa shape index (κ3) is 3.04. The highest BCUT2D eigenvalue weighted by atomic mass is 14.9. The number of rotatable bonds is 5. The van der Waals surface area contributed by atoms with Crippen LogP contribution < -0.4 is 5.32 Å². The fraction of sp³-hybridized carbons (Fsp3) is 0.400. The van der Waals surface area contributed by atoms with Gasteiger partial charge in [0.25, 0.3) is 0 Å². The Labute approximate surface area is 103 Å². The predicted molar refractivity (Wildman–Crippen MR) is 73.2 cm³/mol. The lowest BCUT2D eigenvalue weighted by atomic mass is 10.1. The first kappa shape index (κ1) is 12.1. The summed E-state index contributed by atoms with van der Waals surface area (Å²) in [6, 6.07) is 11.1. The second-order valence-electron chi connectivity index (χ2n) is 4.51. The van der Waals surface area contributed by atoms with Crippen LogP contribution in [0.1, 0.15) is 25.8 Å². The maximum Gasteiger partial charge on any atom is 0.0734 e. The average Bonchev–Trinajstić information content (AvgIpc) is 2.39. The molecule has 2 aromatic rings. The molecule has 0 spiro atoms. The number of pyridine rings is 1. The lowest BCUT2D eigenvalue weighted by Crippen LogP contribution is -2.27. The van der Waals surface area contributed by atoms with E-state index in [4.69, 9.17) is 0 Å². The van der Waals surface area contributed by atoms with Gasteiger partial charge in [-0.05, 0) is 37.9 Å².